The SMILES string of the molecule is OCCNc1nc(Nc2ccc(N=NC3=CCc4ccccc4C3)cc2)nc(Nc2ccc(N=Nc3ccc4c(c3)CC=CC4)cc2)n1. The molecule has 0 saturated heterocycles. The molecule has 11 nitrogen and oxygen atoms in total. The third-order valence-corrected chi connectivity index (χ3v) is 7.93. The van der Waals surface area contributed by atoms with Crippen LogP contribution in [0.25, 0.3) is 0 Å². The monoisotopic (exact) mass is 634 g/mol. The second kappa shape index (κ2) is 14.6. The van der Waals surface area contributed by atoms with Gasteiger partial charge in [0.25, 0.3) is 0 Å². The summed E-state index contributed by atoms with van der Waals surface area (Å²) in [5.74, 6) is 0.986. The van der Waals surface area contributed by atoms with Gasteiger partial charge < -0.3 is 21.1 Å². The zero-order valence-corrected chi connectivity index (χ0v) is 26.2. The summed E-state index contributed by atoms with van der Waals surface area (Å²) < 4.78 is 0. The first-order chi connectivity index (χ1) is 23.7. The van der Waals surface area contributed by atoms with Crippen molar-refractivity contribution in [1.29, 1.82) is 0 Å². The third-order valence-electron chi connectivity index (χ3n) is 7.93. The molecule has 1 aromatic heterocycles. The maximum absolute atomic E-state index is 9.32. The number of anilines is 5. The number of aliphatic hydroxyl groups excluding tert-OH is 1. The number of aromatic nitrogens is 3. The molecule has 0 spiro atoms. The Hall–Kier alpha value is -6.07. The third kappa shape index (κ3) is 7.83. The standard InChI is InChI=1S/C37H34N10O/c48-22-21-38-35-41-36(39-29-13-17-31(18-14-29)44-46-33-11-9-25-5-1-3-7-27(25)23-33)43-37(42-35)40-30-15-19-32(20-16-30)45-47-34-12-10-26-6-2-4-8-28(26)24-34/h1-5,7,10-20,24,48H,6,8-9,21-23H2,(H3,38,39,40,41,42,43). The maximum atomic E-state index is 9.32. The highest BCUT2D eigenvalue weighted by molar-refractivity contribution is 5.62. The summed E-state index contributed by atoms with van der Waals surface area (Å²) in [4.78, 5) is 13.5. The minimum Gasteiger partial charge on any atom is -0.395 e. The van der Waals surface area contributed by atoms with E-state index in [0.717, 1.165) is 59.8 Å². The van der Waals surface area contributed by atoms with Crippen molar-refractivity contribution in [2.45, 2.75) is 25.7 Å². The lowest BCUT2D eigenvalue weighted by Gasteiger charge is -2.13. The van der Waals surface area contributed by atoms with Gasteiger partial charge in [-0.05, 0) is 102 Å². The number of allylic oxidation sites excluding steroid dienone is 4. The lowest BCUT2D eigenvalue weighted by Crippen LogP contribution is -2.12. The predicted octanol–water partition coefficient (Wildman–Crippen LogP) is 8.60. The van der Waals surface area contributed by atoms with E-state index in [1.807, 2.05) is 54.6 Å². The fourth-order valence-electron chi connectivity index (χ4n) is 5.44. The van der Waals surface area contributed by atoms with Crippen molar-refractivity contribution in [2.24, 2.45) is 20.5 Å². The molecule has 4 N–H and O–H groups in total. The summed E-state index contributed by atoms with van der Waals surface area (Å²) in [5.41, 5.74) is 10.1. The van der Waals surface area contributed by atoms with Gasteiger partial charge in [-0.1, -0.05) is 48.6 Å². The molecule has 5 aromatic rings. The summed E-state index contributed by atoms with van der Waals surface area (Å²) in [6.45, 7) is 0.236. The summed E-state index contributed by atoms with van der Waals surface area (Å²) in [7, 11) is 0. The topological polar surface area (TPSA) is 144 Å². The summed E-state index contributed by atoms with van der Waals surface area (Å²) in [5, 5.41) is 36.6. The van der Waals surface area contributed by atoms with Gasteiger partial charge in [0.2, 0.25) is 17.8 Å². The van der Waals surface area contributed by atoms with Gasteiger partial charge in [0.05, 0.1) is 29.4 Å². The van der Waals surface area contributed by atoms with Gasteiger partial charge in [0, 0.05) is 24.3 Å². The molecule has 11 heteroatoms. The number of nitrogens with one attached hydrogen (secondary N) is 3. The van der Waals surface area contributed by atoms with Crippen LogP contribution >= 0.6 is 0 Å². The van der Waals surface area contributed by atoms with E-state index in [-0.39, 0.29) is 6.61 Å². The molecule has 0 saturated carbocycles. The van der Waals surface area contributed by atoms with Gasteiger partial charge in [-0.3, -0.25) is 0 Å². The molecule has 0 atom stereocenters. The lowest BCUT2D eigenvalue weighted by molar-refractivity contribution is 0.311. The van der Waals surface area contributed by atoms with Crippen LogP contribution in [0.4, 0.5) is 46.3 Å². The molecular formula is C37H34N10O. The number of hydrogen-bond acceptors (Lipinski definition) is 11. The molecule has 2 aliphatic rings. The van der Waals surface area contributed by atoms with Crippen LogP contribution in [0.2, 0.25) is 0 Å². The molecule has 0 fully saturated rings. The second-order valence-corrected chi connectivity index (χ2v) is 11.4. The molecule has 48 heavy (non-hydrogen) atoms. The smallest absolute Gasteiger partial charge is 0.233 e. The Morgan fingerprint density at radius 2 is 1.12 bits per heavy atom. The Kier molecular flexibility index (Phi) is 9.28. The summed E-state index contributed by atoms with van der Waals surface area (Å²) >= 11 is 0. The van der Waals surface area contributed by atoms with E-state index in [1.165, 1.54) is 22.3 Å². The molecule has 0 aliphatic heterocycles. The zero-order chi connectivity index (χ0) is 32.5. The van der Waals surface area contributed by atoms with E-state index in [4.69, 9.17) is 0 Å². The molecule has 0 amide bonds. The van der Waals surface area contributed by atoms with Crippen LogP contribution in [-0.4, -0.2) is 33.2 Å². The zero-order valence-electron chi connectivity index (χ0n) is 26.2. The summed E-state index contributed by atoms with van der Waals surface area (Å²) in [6, 6.07) is 29.7. The predicted molar refractivity (Wildman–Crippen MR) is 188 cm³/mol. The molecule has 4 aromatic carbocycles. The highest BCUT2D eigenvalue weighted by Crippen LogP contribution is 2.27. The van der Waals surface area contributed by atoms with E-state index in [1.54, 1.807) is 0 Å². The minimum atomic E-state index is -0.0604. The molecule has 0 unspecified atom stereocenters. The van der Waals surface area contributed by atoms with Crippen molar-refractivity contribution < 1.29 is 5.11 Å². The Bertz CT molecular complexity index is 2020. The quantitative estimate of drug-likeness (QED) is 0.0841. The van der Waals surface area contributed by atoms with Crippen LogP contribution in [0.3, 0.4) is 0 Å². The Morgan fingerprint density at radius 3 is 1.81 bits per heavy atom. The molecule has 0 bridgehead atoms. The second-order valence-electron chi connectivity index (χ2n) is 11.4. The number of aliphatic hydroxyl groups is 1. The fraction of sp³-hybridized carbons (Fsp3) is 0.162. The first kappa shape index (κ1) is 30.6. The maximum Gasteiger partial charge on any atom is 0.233 e. The Balaban J connectivity index is 0.998. The average Bonchev–Trinajstić information content (AvgIpc) is 3.13. The molecule has 238 valence electrons. The van der Waals surface area contributed by atoms with Gasteiger partial charge in [-0.15, -0.1) is 0 Å². The van der Waals surface area contributed by atoms with Gasteiger partial charge >= 0.3 is 0 Å². The lowest BCUT2D eigenvalue weighted by atomic mass is 9.95. The number of rotatable bonds is 11. The van der Waals surface area contributed by atoms with E-state index in [9.17, 15) is 5.11 Å². The molecule has 0 radical (unpaired) electrons. The van der Waals surface area contributed by atoms with Crippen molar-refractivity contribution in [2.75, 3.05) is 29.1 Å². The Labute approximate surface area is 278 Å². The normalized spacial score (nSPS) is 13.6. The number of benzene rings is 4. The fourth-order valence-corrected chi connectivity index (χ4v) is 5.44. The van der Waals surface area contributed by atoms with Crippen molar-refractivity contribution >= 4 is 46.3 Å². The van der Waals surface area contributed by atoms with Gasteiger partial charge in [-0.25, -0.2) is 0 Å². The van der Waals surface area contributed by atoms with Crippen LogP contribution in [-0.2, 0) is 25.7 Å². The van der Waals surface area contributed by atoms with Gasteiger partial charge in [-0.2, -0.15) is 35.4 Å². The molecule has 1 heterocycles. The number of azo groups is 2. The van der Waals surface area contributed by atoms with Crippen LogP contribution in [0.15, 0.2) is 135 Å². The van der Waals surface area contributed by atoms with Gasteiger partial charge in [0.15, 0.2) is 0 Å². The Morgan fingerprint density at radius 1 is 0.562 bits per heavy atom. The molecular weight excluding hydrogens is 600 g/mol. The first-order valence-electron chi connectivity index (χ1n) is 15.9. The molecule has 7 rings (SSSR count). The highest BCUT2D eigenvalue weighted by atomic mass is 16.3. The van der Waals surface area contributed by atoms with E-state index in [2.05, 4.69) is 106 Å². The van der Waals surface area contributed by atoms with Crippen molar-refractivity contribution in [3.63, 3.8) is 0 Å². The number of hydrogen-bond donors (Lipinski definition) is 4. The van der Waals surface area contributed by atoms with Crippen LogP contribution in [0.1, 0.15) is 22.3 Å². The van der Waals surface area contributed by atoms with E-state index >= 15 is 0 Å². The van der Waals surface area contributed by atoms with E-state index in [0.29, 0.717) is 24.4 Å². The largest absolute Gasteiger partial charge is 0.395 e. The number of nitrogens with zero attached hydrogens (tertiary/aromatic N) is 7. The van der Waals surface area contributed by atoms with Crippen LogP contribution in [0, 0.1) is 0 Å². The number of fused-ring (bicyclic) bond motifs is 2. The first-order valence-corrected chi connectivity index (χ1v) is 15.9. The minimum absolute atomic E-state index is 0.0604. The van der Waals surface area contributed by atoms with Gasteiger partial charge in [0.1, 0.15) is 0 Å². The van der Waals surface area contributed by atoms with Crippen molar-refractivity contribution in [3.05, 3.63) is 137 Å². The van der Waals surface area contributed by atoms with Crippen molar-refractivity contribution in [3.8, 4) is 0 Å². The average molecular weight is 635 g/mol. The van der Waals surface area contributed by atoms with Crippen LogP contribution < -0.4 is 16.0 Å². The van der Waals surface area contributed by atoms with Crippen molar-refractivity contribution in [1.82, 2.24) is 15.0 Å². The van der Waals surface area contributed by atoms with E-state index < -0.39 is 0 Å². The molecule has 2 aliphatic carbocycles. The highest BCUT2D eigenvalue weighted by Gasteiger charge is 2.11. The summed E-state index contributed by atoms with van der Waals surface area (Å²) in [6.07, 6.45) is 10.1. The van der Waals surface area contributed by atoms with Crippen LogP contribution in [0.5, 0.6) is 0 Å².